The van der Waals surface area contributed by atoms with Gasteiger partial charge in [0.05, 0.1) is 23.0 Å². The van der Waals surface area contributed by atoms with Crippen molar-refractivity contribution in [3.63, 3.8) is 0 Å². The summed E-state index contributed by atoms with van der Waals surface area (Å²) in [7, 11) is 1.65. The molecule has 0 aliphatic rings. The Hall–Kier alpha value is -2.80. The lowest BCUT2D eigenvalue weighted by molar-refractivity contribution is 0.0541. The van der Waals surface area contributed by atoms with Gasteiger partial charge in [-0.2, -0.15) is 0 Å². The number of methoxy groups -OCH3 is 1. The van der Waals surface area contributed by atoms with E-state index in [4.69, 9.17) is 9.47 Å². The van der Waals surface area contributed by atoms with Crippen LogP contribution in [0.3, 0.4) is 0 Å². The second-order valence-corrected chi connectivity index (χ2v) is 7.71. The number of rotatable bonds is 4. The Kier molecular flexibility index (Phi) is 4.99. The molecule has 7 heteroatoms. The van der Waals surface area contributed by atoms with Gasteiger partial charge in [0, 0.05) is 5.56 Å². The molecule has 6 nitrogen and oxygen atoms in total. The average molecular weight is 371 g/mol. The number of benzene rings is 2. The Balaban J connectivity index is 1.68. The number of carbonyl (C=O) groups is 1. The van der Waals surface area contributed by atoms with Gasteiger partial charge in [-0.1, -0.05) is 0 Å². The van der Waals surface area contributed by atoms with E-state index < -0.39 is 11.7 Å². The normalized spacial score (nSPS) is 11.2. The van der Waals surface area contributed by atoms with Crippen molar-refractivity contribution in [3.05, 3.63) is 42.5 Å². The Morgan fingerprint density at radius 3 is 2.50 bits per heavy atom. The smallest absolute Gasteiger partial charge is 0.426 e. The molecular formula is C19H21N3O3S. The summed E-state index contributed by atoms with van der Waals surface area (Å²) in [5.74, 6) is 0.820. The standard InChI is InChI=1S/C19H21N3O3S/c1-19(2,3)25-18(23)22-21-13-7-5-12(6-8-13)17-20-15-10-9-14(24-4)11-16(15)26-17/h5-11,21H,1-4H3,(H,22,23). The lowest BCUT2D eigenvalue weighted by Gasteiger charge is -2.20. The summed E-state index contributed by atoms with van der Waals surface area (Å²) in [6.07, 6.45) is -0.526. The number of aromatic nitrogens is 1. The third-order valence-corrected chi connectivity index (χ3v) is 4.50. The second-order valence-electron chi connectivity index (χ2n) is 6.68. The molecule has 2 aromatic carbocycles. The number of hydrazine groups is 1. The van der Waals surface area contributed by atoms with E-state index in [-0.39, 0.29) is 0 Å². The SMILES string of the molecule is COc1ccc2nc(-c3ccc(NNC(=O)OC(C)(C)C)cc3)sc2c1. The predicted molar refractivity (Wildman–Crippen MR) is 105 cm³/mol. The first-order valence-electron chi connectivity index (χ1n) is 8.14. The minimum Gasteiger partial charge on any atom is -0.497 e. The summed E-state index contributed by atoms with van der Waals surface area (Å²) < 4.78 is 11.5. The Labute approximate surface area is 156 Å². The molecule has 0 saturated heterocycles. The van der Waals surface area contributed by atoms with Crippen LogP contribution in [0.5, 0.6) is 5.75 Å². The Bertz CT molecular complexity index is 914. The van der Waals surface area contributed by atoms with E-state index in [0.29, 0.717) is 0 Å². The van der Waals surface area contributed by atoms with Crippen LogP contribution in [0.2, 0.25) is 0 Å². The van der Waals surface area contributed by atoms with Crippen molar-refractivity contribution in [2.24, 2.45) is 0 Å². The predicted octanol–water partition coefficient (Wildman–Crippen LogP) is 4.82. The van der Waals surface area contributed by atoms with Gasteiger partial charge in [0.2, 0.25) is 0 Å². The fourth-order valence-corrected chi connectivity index (χ4v) is 3.28. The number of anilines is 1. The van der Waals surface area contributed by atoms with Crippen LogP contribution in [0, 0.1) is 0 Å². The number of carbonyl (C=O) groups excluding carboxylic acids is 1. The van der Waals surface area contributed by atoms with Gasteiger partial charge >= 0.3 is 6.09 Å². The highest BCUT2D eigenvalue weighted by Gasteiger charge is 2.15. The van der Waals surface area contributed by atoms with Crippen LogP contribution in [-0.4, -0.2) is 23.8 Å². The first kappa shape index (κ1) is 18.0. The number of hydrogen-bond donors (Lipinski definition) is 2. The van der Waals surface area contributed by atoms with Crippen molar-refractivity contribution in [2.75, 3.05) is 12.5 Å². The third-order valence-electron chi connectivity index (χ3n) is 3.44. The highest BCUT2D eigenvalue weighted by molar-refractivity contribution is 7.21. The lowest BCUT2D eigenvalue weighted by Crippen LogP contribution is -2.35. The van der Waals surface area contributed by atoms with Crippen molar-refractivity contribution >= 4 is 33.3 Å². The fraction of sp³-hybridized carbons (Fsp3) is 0.263. The van der Waals surface area contributed by atoms with Crippen molar-refractivity contribution in [1.29, 1.82) is 0 Å². The van der Waals surface area contributed by atoms with Crippen LogP contribution in [0.25, 0.3) is 20.8 Å². The van der Waals surface area contributed by atoms with E-state index in [1.807, 2.05) is 63.2 Å². The van der Waals surface area contributed by atoms with Crippen LogP contribution in [0.1, 0.15) is 20.8 Å². The van der Waals surface area contributed by atoms with Crippen LogP contribution >= 0.6 is 11.3 Å². The van der Waals surface area contributed by atoms with Gasteiger partial charge in [0.15, 0.2) is 0 Å². The zero-order chi connectivity index (χ0) is 18.7. The molecule has 2 N–H and O–H groups in total. The van der Waals surface area contributed by atoms with Crippen molar-refractivity contribution in [3.8, 4) is 16.3 Å². The largest absolute Gasteiger partial charge is 0.497 e. The van der Waals surface area contributed by atoms with Gasteiger partial charge in [-0.3, -0.25) is 5.43 Å². The summed E-state index contributed by atoms with van der Waals surface area (Å²) in [6.45, 7) is 5.44. The third kappa shape index (κ3) is 4.43. The van der Waals surface area contributed by atoms with Gasteiger partial charge in [0.1, 0.15) is 16.4 Å². The number of nitrogens with zero attached hydrogens (tertiary/aromatic N) is 1. The maximum atomic E-state index is 11.7. The Morgan fingerprint density at radius 2 is 1.85 bits per heavy atom. The summed E-state index contributed by atoms with van der Waals surface area (Å²) >= 11 is 1.61. The molecule has 0 spiro atoms. The molecule has 26 heavy (non-hydrogen) atoms. The molecule has 0 unspecified atom stereocenters. The summed E-state index contributed by atoms with van der Waals surface area (Å²) in [6, 6.07) is 13.5. The zero-order valence-corrected chi connectivity index (χ0v) is 15.9. The molecule has 1 aromatic heterocycles. The van der Waals surface area contributed by atoms with E-state index in [1.165, 1.54) is 0 Å². The molecular weight excluding hydrogens is 350 g/mol. The Morgan fingerprint density at radius 1 is 1.12 bits per heavy atom. The van der Waals surface area contributed by atoms with Crippen molar-refractivity contribution in [2.45, 2.75) is 26.4 Å². The molecule has 0 bridgehead atoms. The topological polar surface area (TPSA) is 72.5 Å². The summed E-state index contributed by atoms with van der Waals surface area (Å²) in [5, 5.41) is 0.930. The fourth-order valence-electron chi connectivity index (χ4n) is 2.28. The van der Waals surface area contributed by atoms with Gasteiger partial charge in [-0.05, 0) is 63.2 Å². The summed E-state index contributed by atoms with van der Waals surface area (Å²) in [4.78, 5) is 16.3. The molecule has 1 amide bonds. The zero-order valence-electron chi connectivity index (χ0n) is 15.1. The second kappa shape index (κ2) is 7.21. The van der Waals surface area contributed by atoms with Crippen LogP contribution in [-0.2, 0) is 4.74 Å². The van der Waals surface area contributed by atoms with Crippen LogP contribution in [0.4, 0.5) is 10.5 Å². The molecule has 0 saturated carbocycles. The van der Waals surface area contributed by atoms with E-state index in [2.05, 4.69) is 15.8 Å². The highest BCUT2D eigenvalue weighted by atomic mass is 32.1. The lowest BCUT2D eigenvalue weighted by atomic mass is 10.2. The maximum absolute atomic E-state index is 11.7. The molecule has 0 atom stereocenters. The molecule has 0 aliphatic heterocycles. The number of amides is 1. The van der Waals surface area contributed by atoms with E-state index >= 15 is 0 Å². The number of ether oxygens (including phenoxy) is 2. The van der Waals surface area contributed by atoms with Crippen molar-refractivity contribution < 1.29 is 14.3 Å². The first-order chi connectivity index (χ1) is 12.3. The number of thiazole rings is 1. The van der Waals surface area contributed by atoms with Gasteiger partial charge in [-0.25, -0.2) is 15.2 Å². The molecule has 1 heterocycles. The van der Waals surface area contributed by atoms with Gasteiger partial charge in [0.25, 0.3) is 0 Å². The molecule has 3 aromatic rings. The van der Waals surface area contributed by atoms with E-state index in [0.717, 1.165) is 32.2 Å². The van der Waals surface area contributed by atoms with E-state index in [1.54, 1.807) is 18.4 Å². The van der Waals surface area contributed by atoms with Crippen molar-refractivity contribution in [1.82, 2.24) is 10.4 Å². The number of hydrogen-bond acceptors (Lipinski definition) is 6. The van der Waals surface area contributed by atoms with Gasteiger partial charge in [-0.15, -0.1) is 11.3 Å². The molecule has 0 radical (unpaired) electrons. The molecule has 0 fully saturated rings. The average Bonchev–Trinajstić information content (AvgIpc) is 3.02. The first-order valence-corrected chi connectivity index (χ1v) is 8.96. The summed E-state index contributed by atoms with van der Waals surface area (Å²) in [5.41, 5.74) is 7.51. The molecule has 3 rings (SSSR count). The van der Waals surface area contributed by atoms with Crippen LogP contribution in [0.15, 0.2) is 42.5 Å². The van der Waals surface area contributed by atoms with E-state index in [9.17, 15) is 4.79 Å². The monoisotopic (exact) mass is 371 g/mol. The number of nitrogens with one attached hydrogen (secondary N) is 2. The quantitative estimate of drug-likeness (QED) is 0.643. The molecule has 136 valence electrons. The maximum Gasteiger partial charge on any atom is 0.426 e. The van der Waals surface area contributed by atoms with Gasteiger partial charge < -0.3 is 9.47 Å². The molecule has 0 aliphatic carbocycles. The minimum atomic E-state index is -0.537. The van der Waals surface area contributed by atoms with Crippen LogP contribution < -0.4 is 15.6 Å². The minimum absolute atomic E-state index is 0.526. The highest BCUT2D eigenvalue weighted by Crippen LogP contribution is 2.32. The number of fused-ring (bicyclic) bond motifs is 1.